The predicted octanol–water partition coefficient (Wildman–Crippen LogP) is 2.08. The van der Waals surface area contributed by atoms with E-state index in [1.54, 1.807) is 7.11 Å². The van der Waals surface area contributed by atoms with Gasteiger partial charge in [0.1, 0.15) is 5.75 Å². The van der Waals surface area contributed by atoms with Gasteiger partial charge < -0.3 is 10.1 Å². The quantitative estimate of drug-likeness (QED) is 0.447. The summed E-state index contributed by atoms with van der Waals surface area (Å²) in [6.45, 7) is 5.97. The molecule has 0 fully saturated rings. The summed E-state index contributed by atoms with van der Waals surface area (Å²) < 4.78 is 5.08. The van der Waals surface area contributed by atoms with E-state index < -0.39 is 0 Å². The van der Waals surface area contributed by atoms with E-state index in [1.165, 1.54) is 11.8 Å². The Morgan fingerprint density at radius 2 is 1.86 bits per heavy atom. The molecule has 21 heavy (non-hydrogen) atoms. The van der Waals surface area contributed by atoms with E-state index in [0.29, 0.717) is 10.9 Å². The van der Waals surface area contributed by atoms with Crippen LogP contribution in [0.25, 0.3) is 0 Å². The molecule has 0 spiro atoms. The van der Waals surface area contributed by atoms with Crippen LogP contribution in [0.4, 0.5) is 0 Å². The van der Waals surface area contributed by atoms with Crippen LogP contribution in [0.3, 0.4) is 0 Å². The summed E-state index contributed by atoms with van der Waals surface area (Å²) in [5.41, 5.74) is 5.09. The second-order valence-electron chi connectivity index (χ2n) is 5.34. The van der Waals surface area contributed by atoms with E-state index in [-0.39, 0.29) is 11.4 Å². The van der Waals surface area contributed by atoms with Crippen molar-refractivity contribution in [2.75, 3.05) is 12.9 Å². The van der Waals surface area contributed by atoms with Crippen LogP contribution in [-0.4, -0.2) is 29.4 Å². The number of hydrogen-bond acceptors (Lipinski definition) is 4. The molecule has 0 heterocycles. The van der Waals surface area contributed by atoms with Crippen molar-refractivity contribution < 1.29 is 9.53 Å². The van der Waals surface area contributed by atoms with Crippen molar-refractivity contribution in [3.63, 3.8) is 0 Å². The highest BCUT2D eigenvalue weighted by Crippen LogP contribution is 2.20. The number of benzene rings is 1. The van der Waals surface area contributed by atoms with Gasteiger partial charge in [-0.3, -0.25) is 15.6 Å². The monoisotopic (exact) mass is 327 g/mol. The molecule has 0 atom stereocenters. The topological polar surface area (TPSA) is 62.4 Å². The van der Waals surface area contributed by atoms with E-state index in [9.17, 15) is 4.79 Å². The van der Waals surface area contributed by atoms with Crippen LogP contribution in [0, 0.1) is 0 Å². The number of thiocarbonyl (C=S) groups is 1. The van der Waals surface area contributed by atoms with Crippen LogP contribution in [-0.2, 0) is 4.79 Å². The van der Waals surface area contributed by atoms with Gasteiger partial charge >= 0.3 is 0 Å². The van der Waals surface area contributed by atoms with Gasteiger partial charge in [-0.05, 0) is 57.3 Å². The maximum Gasteiger partial charge on any atom is 0.248 e. The number of carbonyl (C=O) groups is 1. The molecule has 0 unspecified atom stereocenters. The molecule has 0 saturated heterocycles. The molecule has 3 N–H and O–H groups in total. The van der Waals surface area contributed by atoms with E-state index in [0.717, 1.165) is 10.6 Å². The van der Waals surface area contributed by atoms with Crippen LogP contribution in [0.5, 0.6) is 5.75 Å². The molecule has 0 aliphatic carbocycles. The lowest BCUT2D eigenvalue weighted by Crippen LogP contribution is -2.52. The summed E-state index contributed by atoms with van der Waals surface area (Å²) in [6.07, 6.45) is 0. The molecule has 0 aromatic heterocycles. The predicted molar refractivity (Wildman–Crippen MR) is 90.5 cm³/mol. The van der Waals surface area contributed by atoms with Crippen molar-refractivity contribution in [2.24, 2.45) is 0 Å². The Balaban J connectivity index is 2.29. The molecule has 0 saturated carbocycles. The number of methoxy groups -OCH3 is 1. The summed E-state index contributed by atoms with van der Waals surface area (Å²) in [7, 11) is 1.62. The van der Waals surface area contributed by atoms with Gasteiger partial charge in [-0.15, -0.1) is 11.8 Å². The molecule has 116 valence electrons. The van der Waals surface area contributed by atoms with E-state index in [2.05, 4.69) is 16.2 Å². The minimum atomic E-state index is -0.146. The van der Waals surface area contributed by atoms with Crippen molar-refractivity contribution in [2.45, 2.75) is 31.2 Å². The van der Waals surface area contributed by atoms with Gasteiger partial charge in [-0.1, -0.05) is 0 Å². The largest absolute Gasteiger partial charge is 0.497 e. The Kier molecular flexibility index (Phi) is 6.77. The highest BCUT2D eigenvalue weighted by molar-refractivity contribution is 8.00. The van der Waals surface area contributed by atoms with E-state index in [1.807, 2.05) is 45.0 Å². The number of carbonyl (C=O) groups excluding carboxylic acids is 1. The Hall–Kier alpha value is -1.47. The average molecular weight is 327 g/mol. The number of ether oxygens (including phenoxy) is 1. The van der Waals surface area contributed by atoms with Crippen LogP contribution < -0.4 is 20.9 Å². The molecular weight excluding hydrogens is 306 g/mol. The molecule has 1 aromatic rings. The van der Waals surface area contributed by atoms with Gasteiger partial charge in [0.05, 0.1) is 12.9 Å². The number of rotatable bonds is 4. The fourth-order valence-electron chi connectivity index (χ4n) is 1.36. The lowest BCUT2D eigenvalue weighted by molar-refractivity contribution is -0.119. The zero-order valence-electron chi connectivity index (χ0n) is 12.6. The van der Waals surface area contributed by atoms with Gasteiger partial charge in [0.25, 0.3) is 0 Å². The molecule has 7 heteroatoms. The van der Waals surface area contributed by atoms with Crippen LogP contribution in [0.1, 0.15) is 20.8 Å². The second kappa shape index (κ2) is 8.09. The first kappa shape index (κ1) is 17.6. The molecule has 1 aromatic carbocycles. The van der Waals surface area contributed by atoms with Crippen LogP contribution in [0.2, 0.25) is 0 Å². The third kappa shape index (κ3) is 7.77. The lowest BCUT2D eigenvalue weighted by Gasteiger charge is -2.23. The highest BCUT2D eigenvalue weighted by Gasteiger charge is 2.11. The molecule has 0 bridgehead atoms. The molecule has 1 rings (SSSR count). The summed E-state index contributed by atoms with van der Waals surface area (Å²) in [6, 6.07) is 7.55. The Bertz CT molecular complexity index is 484. The third-order valence-corrected chi connectivity index (χ3v) is 3.45. The third-order valence-electron chi connectivity index (χ3n) is 2.23. The first-order chi connectivity index (χ1) is 9.80. The van der Waals surface area contributed by atoms with E-state index in [4.69, 9.17) is 17.0 Å². The van der Waals surface area contributed by atoms with Gasteiger partial charge in [0, 0.05) is 10.4 Å². The van der Waals surface area contributed by atoms with Crippen LogP contribution in [0.15, 0.2) is 29.2 Å². The minimum Gasteiger partial charge on any atom is -0.497 e. The van der Waals surface area contributed by atoms with Gasteiger partial charge in [-0.2, -0.15) is 0 Å². The van der Waals surface area contributed by atoms with Gasteiger partial charge in [-0.25, -0.2) is 0 Å². The highest BCUT2D eigenvalue weighted by atomic mass is 32.2. The molecule has 0 aliphatic rings. The van der Waals surface area contributed by atoms with Crippen molar-refractivity contribution in [1.29, 1.82) is 0 Å². The standard InChI is InChI=1S/C14H21N3O2S2/c1-14(2,3)15-13(20)17-16-12(18)9-21-11-7-5-10(19-4)6-8-11/h5-8H,9H2,1-4H3,(H,16,18)(H2,15,17,20). The smallest absolute Gasteiger partial charge is 0.248 e. The molecular formula is C14H21N3O2S2. The number of hydrogen-bond donors (Lipinski definition) is 3. The summed E-state index contributed by atoms with van der Waals surface area (Å²) in [4.78, 5) is 12.7. The Morgan fingerprint density at radius 3 is 2.38 bits per heavy atom. The number of amides is 1. The fourth-order valence-corrected chi connectivity index (χ4v) is 2.41. The summed E-state index contributed by atoms with van der Waals surface area (Å²) >= 11 is 6.51. The van der Waals surface area contributed by atoms with Crippen molar-refractivity contribution in [3.8, 4) is 5.75 Å². The zero-order chi connectivity index (χ0) is 15.9. The molecule has 1 amide bonds. The normalized spacial score (nSPS) is 10.7. The number of hydrazine groups is 1. The van der Waals surface area contributed by atoms with Crippen molar-refractivity contribution in [1.82, 2.24) is 16.2 Å². The second-order valence-corrected chi connectivity index (χ2v) is 6.80. The lowest BCUT2D eigenvalue weighted by atomic mass is 10.1. The zero-order valence-corrected chi connectivity index (χ0v) is 14.3. The number of nitrogens with one attached hydrogen (secondary N) is 3. The van der Waals surface area contributed by atoms with Crippen LogP contribution >= 0.6 is 24.0 Å². The maximum atomic E-state index is 11.7. The van der Waals surface area contributed by atoms with Crippen molar-refractivity contribution in [3.05, 3.63) is 24.3 Å². The maximum absolute atomic E-state index is 11.7. The molecule has 0 radical (unpaired) electrons. The van der Waals surface area contributed by atoms with Gasteiger partial charge in [0.15, 0.2) is 5.11 Å². The number of thioether (sulfide) groups is 1. The average Bonchev–Trinajstić information content (AvgIpc) is 2.41. The molecule has 0 aliphatic heterocycles. The SMILES string of the molecule is COc1ccc(SCC(=O)NNC(=S)NC(C)(C)C)cc1. The first-order valence-corrected chi connectivity index (χ1v) is 7.83. The van der Waals surface area contributed by atoms with Crippen molar-refractivity contribution >= 4 is 35.0 Å². The van der Waals surface area contributed by atoms with Gasteiger partial charge in [0.2, 0.25) is 5.91 Å². The minimum absolute atomic E-state index is 0.145. The Labute approximate surface area is 135 Å². The summed E-state index contributed by atoms with van der Waals surface area (Å²) in [5.74, 6) is 0.954. The van der Waals surface area contributed by atoms with E-state index >= 15 is 0 Å². The first-order valence-electron chi connectivity index (χ1n) is 6.44. The molecule has 5 nitrogen and oxygen atoms in total. The Morgan fingerprint density at radius 1 is 1.24 bits per heavy atom. The summed E-state index contributed by atoms with van der Waals surface area (Å²) in [5, 5.41) is 3.44. The fraction of sp³-hybridized carbons (Fsp3) is 0.429.